The zero-order valence-electron chi connectivity index (χ0n) is 26.5. The minimum absolute atomic E-state index is 0.0883. The fourth-order valence-corrected chi connectivity index (χ4v) is 10.9. The second-order valence-electron chi connectivity index (χ2n) is 13.7. The first-order chi connectivity index (χ1) is 24.3. The van der Waals surface area contributed by atoms with Gasteiger partial charge in [0.25, 0.3) is 0 Å². The summed E-state index contributed by atoms with van der Waals surface area (Å²) in [5.74, 6) is 0.151. The van der Waals surface area contributed by atoms with E-state index in [1.165, 1.54) is 91.9 Å². The first kappa shape index (κ1) is 26.2. The summed E-state index contributed by atoms with van der Waals surface area (Å²) < 4.78 is 10.3. The smallest absolute Gasteiger partial charge is 0.213 e. The molecule has 4 heteroatoms. The molecule has 0 aliphatic carbocycles. The van der Waals surface area contributed by atoms with Crippen LogP contribution in [0.2, 0.25) is 0 Å². The predicted molar refractivity (Wildman–Crippen MR) is 202 cm³/mol. The second kappa shape index (κ2) is 9.19. The van der Waals surface area contributed by atoms with Crippen LogP contribution in [0, 0.1) is 0 Å². The molecule has 3 unspecified atom stereocenters. The summed E-state index contributed by atoms with van der Waals surface area (Å²) in [6.07, 6.45) is 6.68. The molecule has 5 aromatic heterocycles. The van der Waals surface area contributed by atoms with Crippen molar-refractivity contribution in [3.8, 4) is 22.5 Å². The number of nitrogens with zero attached hydrogens (tertiary/aromatic N) is 3. The highest BCUT2D eigenvalue weighted by atomic mass is 32.1. The van der Waals surface area contributed by atoms with E-state index in [4.69, 9.17) is 0 Å². The summed E-state index contributed by atoms with van der Waals surface area (Å²) in [5.41, 5.74) is 11.8. The van der Waals surface area contributed by atoms with Crippen LogP contribution in [0.15, 0.2) is 152 Å². The molecule has 0 radical (unpaired) electrons. The third-order valence-corrected chi connectivity index (χ3v) is 12.7. The van der Waals surface area contributed by atoms with Crippen LogP contribution in [0.1, 0.15) is 29.1 Å². The van der Waals surface area contributed by atoms with Crippen molar-refractivity contribution in [2.45, 2.75) is 18.0 Å². The fourth-order valence-electron chi connectivity index (χ4n) is 9.64. The normalized spacial score (nSPS) is 18.1. The van der Waals surface area contributed by atoms with Gasteiger partial charge in [-0.1, -0.05) is 73.3 Å². The Balaban J connectivity index is 1.21. The number of benzene rings is 5. The van der Waals surface area contributed by atoms with Crippen LogP contribution in [0.5, 0.6) is 0 Å². The fraction of sp³-hybridized carbons (Fsp3) is 0.0667. The number of fused-ring (bicyclic) bond motifs is 16. The lowest BCUT2D eigenvalue weighted by Gasteiger charge is -2.30. The van der Waals surface area contributed by atoms with Crippen molar-refractivity contribution in [2.75, 3.05) is 0 Å². The molecule has 0 saturated heterocycles. The molecule has 10 aromatic rings. The topological polar surface area (TPSA) is 12.2 Å². The van der Waals surface area contributed by atoms with Crippen LogP contribution in [0.4, 0.5) is 0 Å². The molecule has 5 aromatic carbocycles. The van der Waals surface area contributed by atoms with Crippen molar-refractivity contribution in [3.05, 3.63) is 164 Å². The minimum atomic E-state index is 0.0883. The molecular weight excluding hydrogens is 615 g/mol. The first-order valence-corrected chi connectivity index (χ1v) is 17.9. The van der Waals surface area contributed by atoms with E-state index in [0.717, 1.165) is 0 Å². The van der Waals surface area contributed by atoms with Crippen molar-refractivity contribution < 1.29 is 9.13 Å². The zero-order valence-corrected chi connectivity index (χ0v) is 27.4. The maximum absolute atomic E-state index is 4.44. The molecule has 7 heterocycles. The molecule has 0 fully saturated rings. The van der Waals surface area contributed by atoms with Gasteiger partial charge in [0.15, 0.2) is 24.5 Å². The number of thiophene rings is 1. The van der Waals surface area contributed by atoms with Crippen LogP contribution >= 0.6 is 11.3 Å². The molecule has 12 rings (SSSR count). The molecule has 0 bridgehead atoms. The standard InChI is InChI=1S/C45H29N3S/c1-2-36-41(28-14-4-3-12-26(28)37-17-7-9-22-46(36)37)43-35-25-39-33(24-34(35)38-18-8-10-23-47(38)43)30-16-11-15-29-31-20-21-32-27-13-5-6-19-40(27)49-45(32)44(31)48(39)42(29)30/h2-25,36,41,43H,1H2/q+2. The third-order valence-electron chi connectivity index (χ3n) is 11.5. The van der Waals surface area contributed by atoms with Gasteiger partial charge < -0.3 is 4.40 Å². The Bertz CT molecular complexity index is 3050. The van der Waals surface area contributed by atoms with Crippen LogP contribution in [0.25, 0.3) is 80.8 Å². The number of hydrogen-bond donors (Lipinski definition) is 0. The second-order valence-corrected chi connectivity index (χ2v) is 14.8. The molecule has 0 saturated carbocycles. The molecule has 228 valence electrons. The Hall–Kier alpha value is -5.84. The lowest BCUT2D eigenvalue weighted by Crippen LogP contribution is -2.52. The first-order valence-electron chi connectivity index (χ1n) is 17.1. The summed E-state index contributed by atoms with van der Waals surface area (Å²) in [6, 6.07) is 47.9. The average molecular weight is 644 g/mol. The molecule has 0 amide bonds. The molecule has 0 N–H and O–H groups in total. The SMILES string of the molecule is C=CC1C(C2c3cc4c(cc3-c3cccc[n+]32)c2cccc3c5ccc6c7ccccc7sc6c5n4c23)c2ccccc2-c2cccc[n+]21. The average Bonchev–Trinajstić information content (AvgIpc) is 3.89. The number of para-hydroxylation sites is 1. The van der Waals surface area contributed by atoms with Crippen LogP contribution in [0.3, 0.4) is 0 Å². The van der Waals surface area contributed by atoms with E-state index in [2.05, 4.69) is 166 Å². The summed E-state index contributed by atoms with van der Waals surface area (Å²) >= 11 is 1.92. The van der Waals surface area contributed by atoms with E-state index < -0.39 is 0 Å². The summed E-state index contributed by atoms with van der Waals surface area (Å²) in [7, 11) is 0. The summed E-state index contributed by atoms with van der Waals surface area (Å²) in [6.45, 7) is 4.44. The highest BCUT2D eigenvalue weighted by molar-refractivity contribution is 7.26. The maximum atomic E-state index is 4.44. The molecular formula is C45H29N3S+2. The van der Waals surface area contributed by atoms with Crippen molar-refractivity contribution in [2.24, 2.45) is 0 Å². The number of pyridine rings is 2. The Morgan fingerprint density at radius 1 is 0.571 bits per heavy atom. The van der Waals surface area contributed by atoms with Gasteiger partial charge in [-0.05, 0) is 48.0 Å². The van der Waals surface area contributed by atoms with E-state index in [-0.39, 0.29) is 18.0 Å². The molecule has 2 aliphatic rings. The Kier molecular flexibility index (Phi) is 4.90. The number of hydrogen-bond acceptors (Lipinski definition) is 1. The monoisotopic (exact) mass is 643 g/mol. The van der Waals surface area contributed by atoms with E-state index in [1.807, 2.05) is 11.3 Å². The van der Waals surface area contributed by atoms with Gasteiger partial charge in [-0.3, -0.25) is 0 Å². The lowest BCUT2D eigenvalue weighted by molar-refractivity contribution is -0.739. The molecule has 3 atom stereocenters. The highest BCUT2D eigenvalue weighted by Crippen LogP contribution is 2.52. The molecule has 2 aliphatic heterocycles. The molecule has 49 heavy (non-hydrogen) atoms. The Labute approximate surface area is 286 Å². The van der Waals surface area contributed by atoms with E-state index in [1.54, 1.807) is 0 Å². The Morgan fingerprint density at radius 3 is 2.14 bits per heavy atom. The number of rotatable bonds is 2. The van der Waals surface area contributed by atoms with Gasteiger partial charge in [0.05, 0.1) is 32.4 Å². The third kappa shape index (κ3) is 3.14. The van der Waals surface area contributed by atoms with Gasteiger partial charge in [-0.2, -0.15) is 9.13 Å². The van der Waals surface area contributed by atoms with E-state index in [9.17, 15) is 0 Å². The quantitative estimate of drug-likeness (QED) is 0.131. The number of allylic oxidation sites excluding steroid dienone is 1. The van der Waals surface area contributed by atoms with E-state index in [0.29, 0.717) is 0 Å². The van der Waals surface area contributed by atoms with Crippen molar-refractivity contribution in [1.29, 1.82) is 0 Å². The lowest BCUT2D eigenvalue weighted by atomic mass is 9.76. The van der Waals surface area contributed by atoms with Gasteiger partial charge in [0, 0.05) is 66.8 Å². The van der Waals surface area contributed by atoms with Gasteiger partial charge >= 0.3 is 0 Å². The van der Waals surface area contributed by atoms with Crippen molar-refractivity contribution in [1.82, 2.24) is 4.40 Å². The maximum Gasteiger partial charge on any atom is 0.213 e. The summed E-state index contributed by atoms with van der Waals surface area (Å²) in [4.78, 5) is 0. The Morgan fingerprint density at radius 2 is 1.27 bits per heavy atom. The zero-order chi connectivity index (χ0) is 32.0. The predicted octanol–water partition coefficient (Wildman–Crippen LogP) is 10.5. The van der Waals surface area contributed by atoms with Gasteiger partial charge in [0.1, 0.15) is 5.92 Å². The molecule has 0 spiro atoms. The van der Waals surface area contributed by atoms with Crippen LogP contribution in [-0.2, 0) is 0 Å². The number of aromatic nitrogens is 3. The van der Waals surface area contributed by atoms with Crippen molar-refractivity contribution in [3.63, 3.8) is 0 Å². The van der Waals surface area contributed by atoms with Crippen LogP contribution in [-0.4, -0.2) is 4.40 Å². The van der Waals surface area contributed by atoms with Gasteiger partial charge in [-0.25, -0.2) is 0 Å². The van der Waals surface area contributed by atoms with E-state index >= 15 is 0 Å². The van der Waals surface area contributed by atoms with Crippen molar-refractivity contribution >= 4 is 69.6 Å². The minimum Gasteiger partial charge on any atom is -0.307 e. The summed E-state index contributed by atoms with van der Waals surface area (Å²) in [5, 5.41) is 7.98. The molecule has 3 nitrogen and oxygen atoms in total. The van der Waals surface area contributed by atoms with Gasteiger partial charge in [-0.15, -0.1) is 11.3 Å². The van der Waals surface area contributed by atoms with Crippen LogP contribution < -0.4 is 9.13 Å². The largest absolute Gasteiger partial charge is 0.307 e. The highest BCUT2D eigenvalue weighted by Gasteiger charge is 2.51. The van der Waals surface area contributed by atoms with Gasteiger partial charge in [0.2, 0.25) is 11.4 Å².